The monoisotopic (exact) mass is 532 g/mol. The molecule has 0 radical (unpaired) electrons. The van der Waals surface area contributed by atoms with E-state index in [1.807, 2.05) is 48.5 Å². The number of hydrogen-bond donors (Lipinski definition) is 0. The Bertz CT molecular complexity index is 1500. The molecule has 8 heteroatoms. The van der Waals surface area contributed by atoms with Crippen LogP contribution in [0.4, 0.5) is 0 Å². The average Bonchev–Trinajstić information content (AvgIpc) is 2.98. The van der Waals surface area contributed by atoms with Gasteiger partial charge in [-0.2, -0.15) is 0 Å². The lowest BCUT2D eigenvalue weighted by molar-refractivity contribution is 0.0472. The highest BCUT2D eigenvalue weighted by Gasteiger charge is 2.34. The molecule has 0 aliphatic carbocycles. The van der Waals surface area contributed by atoms with Crippen molar-refractivity contribution in [1.29, 1.82) is 0 Å². The molecular weight excluding hydrogens is 504 g/mol. The minimum atomic E-state index is -0.249. The number of carbonyl (C=O) groups excluding carboxylic acids is 4. The number of amides is 4. The summed E-state index contributed by atoms with van der Waals surface area (Å²) in [5, 5.41) is 3.27. The highest BCUT2D eigenvalue weighted by Crippen LogP contribution is 2.31. The van der Waals surface area contributed by atoms with E-state index in [4.69, 9.17) is 0 Å². The SMILES string of the molecule is O=C1c2cccc3cccc(c23)C(=O)N1CCN1CCCN(CCN2C(=O)c3cccc4cccc(c34)C2=O)C1. The van der Waals surface area contributed by atoms with E-state index in [9.17, 15) is 19.2 Å². The Morgan fingerprint density at radius 2 is 0.825 bits per heavy atom. The molecular formula is C32H28N4O4. The Labute approximate surface area is 231 Å². The quantitative estimate of drug-likeness (QED) is 0.351. The molecule has 4 aromatic rings. The first-order valence-electron chi connectivity index (χ1n) is 13.7. The van der Waals surface area contributed by atoms with Gasteiger partial charge in [-0.15, -0.1) is 0 Å². The van der Waals surface area contributed by atoms with E-state index in [0.29, 0.717) is 55.1 Å². The molecule has 200 valence electrons. The Hall–Kier alpha value is -4.40. The molecule has 0 N–H and O–H groups in total. The van der Waals surface area contributed by atoms with Crippen LogP contribution in [-0.4, -0.2) is 89.2 Å². The number of benzene rings is 4. The van der Waals surface area contributed by atoms with E-state index in [-0.39, 0.29) is 23.6 Å². The van der Waals surface area contributed by atoms with E-state index < -0.39 is 0 Å². The molecule has 0 saturated carbocycles. The molecule has 1 fully saturated rings. The van der Waals surface area contributed by atoms with Crippen molar-refractivity contribution in [3.8, 4) is 0 Å². The van der Waals surface area contributed by atoms with Gasteiger partial charge in [-0.3, -0.25) is 38.8 Å². The van der Waals surface area contributed by atoms with Gasteiger partial charge in [-0.1, -0.05) is 48.5 Å². The standard InChI is InChI=1S/C32H28N4O4/c37-29-23-10-1-6-21-7-2-11-24(27(21)23)30(38)35(29)18-16-33-14-5-15-34(20-33)17-19-36-31(39)25-12-3-8-22-9-4-13-26(28(22)25)32(36)40/h1-4,6-13H,5,14-20H2. The molecule has 3 heterocycles. The van der Waals surface area contributed by atoms with Gasteiger partial charge in [0, 0.05) is 72.3 Å². The second-order valence-corrected chi connectivity index (χ2v) is 10.7. The number of imide groups is 2. The van der Waals surface area contributed by atoms with E-state index in [1.54, 1.807) is 24.3 Å². The Morgan fingerprint density at radius 3 is 1.18 bits per heavy atom. The van der Waals surface area contributed by atoms with Crippen LogP contribution in [0.2, 0.25) is 0 Å². The van der Waals surface area contributed by atoms with Gasteiger partial charge in [-0.05, 0) is 41.5 Å². The topological polar surface area (TPSA) is 81.2 Å². The van der Waals surface area contributed by atoms with Gasteiger partial charge >= 0.3 is 0 Å². The van der Waals surface area contributed by atoms with Crippen molar-refractivity contribution >= 4 is 45.2 Å². The maximum atomic E-state index is 13.3. The van der Waals surface area contributed by atoms with Crippen LogP contribution in [-0.2, 0) is 0 Å². The summed E-state index contributed by atoms with van der Waals surface area (Å²) in [6.45, 7) is 4.09. The van der Waals surface area contributed by atoms with Gasteiger partial charge in [0.1, 0.15) is 0 Å². The van der Waals surface area contributed by atoms with Crippen molar-refractivity contribution < 1.29 is 19.2 Å². The van der Waals surface area contributed by atoms with Crippen LogP contribution in [0.3, 0.4) is 0 Å². The summed E-state index contributed by atoms with van der Waals surface area (Å²) in [6.07, 6.45) is 0.925. The Balaban J connectivity index is 1.00. The number of carbonyl (C=O) groups is 4. The first-order valence-corrected chi connectivity index (χ1v) is 13.7. The lowest BCUT2D eigenvalue weighted by atomic mass is 9.94. The molecule has 40 heavy (non-hydrogen) atoms. The van der Waals surface area contributed by atoms with E-state index in [2.05, 4.69) is 9.80 Å². The zero-order valence-corrected chi connectivity index (χ0v) is 22.0. The summed E-state index contributed by atoms with van der Waals surface area (Å²) in [7, 11) is 0. The van der Waals surface area contributed by atoms with Gasteiger partial charge in [0.15, 0.2) is 0 Å². The number of hydrogen-bond acceptors (Lipinski definition) is 6. The zero-order valence-electron chi connectivity index (χ0n) is 22.0. The van der Waals surface area contributed by atoms with Crippen molar-refractivity contribution in [2.45, 2.75) is 6.42 Å². The minimum absolute atomic E-state index is 0.249. The first kappa shape index (κ1) is 24.6. The normalized spacial score (nSPS) is 17.9. The third-order valence-corrected chi connectivity index (χ3v) is 8.34. The maximum absolute atomic E-state index is 13.3. The highest BCUT2D eigenvalue weighted by molar-refractivity contribution is 6.26. The maximum Gasteiger partial charge on any atom is 0.261 e. The van der Waals surface area contributed by atoms with Gasteiger partial charge in [-0.25, -0.2) is 0 Å². The molecule has 4 amide bonds. The van der Waals surface area contributed by atoms with Gasteiger partial charge in [0.25, 0.3) is 23.6 Å². The number of nitrogens with zero attached hydrogens (tertiary/aromatic N) is 4. The van der Waals surface area contributed by atoms with Crippen molar-refractivity contribution in [3.05, 3.63) is 95.1 Å². The third-order valence-electron chi connectivity index (χ3n) is 8.34. The fraction of sp³-hybridized carbons (Fsp3) is 0.250. The molecule has 3 aliphatic rings. The van der Waals surface area contributed by atoms with Crippen LogP contribution in [0.1, 0.15) is 47.9 Å². The van der Waals surface area contributed by atoms with E-state index in [0.717, 1.165) is 41.1 Å². The fourth-order valence-electron chi connectivity index (χ4n) is 6.36. The smallest absolute Gasteiger partial charge is 0.261 e. The van der Waals surface area contributed by atoms with Crippen molar-refractivity contribution in [2.75, 3.05) is 45.9 Å². The summed E-state index contributed by atoms with van der Waals surface area (Å²) in [5.41, 5.74) is 2.28. The first-order chi connectivity index (χ1) is 19.5. The largest absolute Gasteiger partial charge is 0.289 e. The van der Waals surface area contributed by atoms with Crippen molar-refractivity contribution in [2.24, 2.45) is 0 Å². The lowest BCUT2D eigenvalue weighted by Crippen LogP contribution is -2.51. The van der Waals surface area contributed by atoms with Crippen LogP contribution in [0.5, 0.6) is 0 Å². The predicted octanol–water partition coefficient (Wildman–Crippen LogP) is 3.85. The van der Waals surface area contributed by atoms with Crippen LogP contribution in [0.15, 0.2) is 72.8 Å². The molecule has 0 aromatic heterocycles. The summed E-state index contributed by atoms with van der Waals surface area (Å²) < 4.78 is 0. The number of rotatable bonds is 6. The molecule has 8 nitrogen and oxygen atoms in total. The third kappa shape index (κ3) is 3.91. The van der Waals surface area contributed by atoms with Crippen LogP contribution in [0, 0.1) is 0 Å². The molecule has 1 saturated heterocycles. The molecule has 0 atom stereocenters. The van der Waals surface area contributed by atoms with Crippen LogP contribution in [0.25, 0.3) is 21.5 Å². The molecule has 7 rings (SSSR count). The molecule has 4 aromatic carbocycles. The Morgan fingerprint density at radius 1 is 0.475 bits per heavy atom. The molecule has 0 unspecified atom stereocenters. The zero-order chi connectivity index (χ0) is 27.4. The van der Waals surface area contributed by atoms with Gasteiger partial charge in [0.2, 0.25) is 0 Å². The summed E-state index contributed by atoms with van der Waals surface area (Å²) >= 11 is 0. The Kier molecular flexibility index (Phi) is 5.95. The molecule has 3 aliphatic heterocycles. The second-order valence-electron chi connectivity index (χ2n) is 10.7. The minimum Gasteiger partial charge on any atom is -0.289 e. The highest BCUT2D eigenvalue weighted by atomic mass is 16.2. The average molecular weight is 533 g/mol. The van der Waals surface area contributed by atoms with E-state index >= 15 is 0 Å². The lowest BCUT2D eigenvalue weighted by Gasteiger charge is -2.38. The van der Waals surface area contributed by atoms with Crippen LogP contribution < -0.4 is 0 Å². The predicted molar refractivity (Wildman–Crippen MR) is 151 cm³/mol. The molecule has 0 spiro atoms. The van der Waals surface area contributed by atoms with Crippen molar-refractivity contribution in [1.82, 2.24) is 19.6 Å². The van der Waals surface area contributed by atoms with Crippen molar-refractivity contribution in [3.63, 3.8) is 0 Å². The fourth-order valence-corrected chi connectivity index (χ4v) is 6.36. The molecule has 0 bridgehead atoms. The summed E-state index contributed by atoms with van der Waals surface area (Å²) in [4.78, 5) is 60.2. The van der Waals surface area contributed by atoms with Crippen LogP contribution >= 0.6 is 0 Å². The van der Waals surface area contributed by atoms with Gasteiger partial charge in [0.05, 0.1) is 6.67 Å². The summed E-state index contributed by atoms with van der Waals surface area (Å²) in [6, 6.07) is 22.3. The summed E-state index contributed by atoms with van der Waals surface area (Å²) in [5.74, 6) is -0.998. The second kappa shape index (κ2) is 9.66. The van der Waals surface area contributed by atoms with Gasteiger partial charge < -0.3 is 0 Å². The van der Waals surface area contributed by atoms with E-state index in [1.165, 1.54) is 9.80 Å².